The fraction of sp³-hybridized carbons (Fsp3) is 0.459. The van der Waals surface area contributed by atoms with Crippen LogP contribution in [0.5, 0.6) is 5.75 Å². The van der Waals surface area contributed by atoms with E-state index in [0.29, 0.717) is 32.3 Å². The van der Waals surface area contributed by atoms with Gasteiger partial charge in [0.2, 0.25) is 0 Å². The Labute approximate surface area is 261 Å². The van der Waals surface area contributed by atoms with Gasteiger partial charge < -0.3 is 33.2 Å². The molecule has 0 aromatic heterocycles. The lowest BCUT2D eigenvalue weighted by Crippen LogP contribution is -2.55. The van der Waals surface area contributed by atoms with Gasteiger partial charge in [-0.3, -0.25) is 0 Å². The molecule has 3 aliphatic heterocycles. The van der Waals surface area contributed by atoms with Crippen molar-refractivity contribution in [2.24, 2.45) is 5.92 Å². The molecule has 234 valence electrons. The van der Waals surface area contributed by atoms with Crippen LogP contribution in [0.3, 0.4) is 0 Å². The SMILES string of the molecule is COc1ccc(C2OC[C@@H]3O[C@@H]4C[C@@H](OCc5ccccc5)[C@@H](/C=C/COCc5ccccc5)O[C@H]4C[C@@H](C)C[C@H]3O2)cc1. The van der Waals surface area contributed by atoms with E-state index < -0.39 is 6.29 Å². The smallest absolute Gasteiger partial charge is 0.184 e. The van der Waals surface area contributed by atoms with Crippen LogP contribution in [0, 0.1) is 5.92 Å². The second kappa shape index (κ2) is 15.3. The quantitative estimate of drug-likeness (QED) is 0.187. The number of hydrogen-bond donors (Lipinski definition) is 0. The van der Waals surface area contributed by atoms with E-state index in [0.717, 1.165) is 41.7 Å². The summed E-state index contributed by atoms with van der Waals surface area (Å²) in [6.45, 7) is 4.35. The van der Waals surface area contributed by atoms with E-state index in [1.165, 1.54) is 0 Å². The summed E-state index contributed by atoms with van der Waals surface area (Å²) in [7, 11) is 1.67. The van der Waals surface area contributed by atoms with Crippen LogP contribution in [0.4, 0.5) is 0 Å². The first-order chi connectivity index (χ1) is 21.6. The van der Waals surface area contributed by atoms with Crippen molar-refractivity contribution in [2.45, 2.75) is 82.3 Å². The topological polar surface area (TPSA) is 64.6 Å². The normalized spacial score (nSPS) is 30.6. The van der Waals surface area contributed by atoms with Gasteiger partial charge in [0.1, 0.15) is 18.0 Å². The van der Waals surface area contributed by atoms with Gasteiger partial charge in [0.15, 0.2) is 6.29 Å². The first-order valence-corrected chi connectivity index (χ1v) is 15.8. The second-order valence-corrected chi connectivity index (χ2v) is 12.0. The minimum absolute atomic E-state index is 0.0401. The molecule has 0 saturated carbocycles. The standard InChI is InChI=1S/C37H44O7/c1-26-20-33-35(43-36-25-41-37(44-34(36)21-26)29-15-17-30(38-2)18-16-29)22-32(40-24-28-12-7-4-8-13-28)31(42-33)14-9-19-39-23-27-10-5-3-6-11-27/h3-18,26,31-37H,19-25H2,1-2H3/b14-9+/t26-,31-,32-,33+,34-,35-,36+,37?/m1/s1. The average molecular weight is 601 g/mol. The molecule has 0 aliphatic carbocycles. The molecule has 0 bridgehead atoms. The predicted octanol–water partition coefficient (Wildman–Crippen LogP) is 6.81. The van der Waals surface area contributed by atoms with E-state index in [9.17, 15) is 0 Å². The van der Waals surface area contributed by atoms with Crippen LogP contribution in [-0.2, 0) is 41.6 Å². The zero-order chi connectivity index (χ0) is 30.1. The molecule has 0 amide bonds. The van der Waals surface area contributed by atoms with E-state index in [1.54, 1.807) is 7.11 Å². The molecule has 3 heterocycles. The van der Waals surface area contributed by atoms with Gasteiger partial charge in [-0.25, -0.2) is 0 Å². The largest absolute Gasteiger partial charge is 0.497 e. The average Bonchev–Trinajstić information content (AvgIpc) is 3.06. The zero-order valence-electron chi connectivity index (χ0n) is 25.7. The lowest BCUT2D eigenvalue weighted by molar-refractivity contribution is -0.298. The van der Waals surface area contributed by atoms with Gasteiger partial charge in [-0.05, 0) is 42.0 Å². The summed E-state index contributed by atoms with van der Waals surface area (Å²) in [6, 6.07) is 28.3. The van der Waals surface area contributed by atoms with Crippen LogP contribution in [0.15, 0.2) is 97.1 Å². The third kappa shape index (κ3) is 8.16. The van der Waals surface area contributed by atoms with Crippen molar-refractivity contribution in [1.29, 1.82) is 0 Å². The molecule has 3 aliphatic rings. The van der Waals surface area contributed by atoms with Crippen LogP contribution in [-0.4, -0.2) is 56.9 Å². The van der Waals surface area contributed by atoms with Crippen molar-refractivity contribution in [3.05, 3.63) is 114 Å². The Morgan fingerprint density at radius 2 is 1.39 bits per heavy atom. The number of rotatable bonds is 10. The molecular formula is C37H44O7. The number of fused-ring (bicyclic) bond motifs is 2. The molecule has 6 rings (SSSR count). The van der Waals surface area contributed by atoms with Crippen LogP contribution in [0.1, 0.15) is 49.2 Å². The van der Waals surface area contributed by atoms with Crippen LogP contribution in [0.25, 0.3) is 0 Å². The fourth-order valence-corrected chi connectivity index (χ4v) is 6.32. The Kier molecular flexibility index (Phi) is 10.8. The van der Waals surface area contributed by atoms with Gasteiger partial charge in [0.05, 0.1) is 58.0 Å². The fourth-order valence-electron chi connectivity index (χ4n) is 6.32. The van der Waals surface area contributed by atoms with Crippen LogP contribution >= 0.6 is 0 Å². The van der Waals surface area contributed by atoms with Crippen LogP contribution in [0.2, 0.25) is 0 Å². The van der Waals surface area contributed by atoms with Crippen molar-refractivity contribution >= 4 is 0 Å². The van der Waals surface area contributed by atoms with E-state index in [4.69, 9.17) is 33.2 Å². The number of hydrogen-bond acceptors (Lipinski definition) is 7. The Balaban J connectivity index is 1.11. The van der Waals surface area contributed by atoms with Crippen LogP contribution < -0.4 is 4.74 Å². The Morgan fingerprint density at radius 3 is 2.09 bits per heavy atom. The molecule has 7 nitrogen and oxygen atoms in total. The van der Waals surface area contributed by atoms with Gasteiger partial charge in [0.25, 0.3) is 0 Å². The Hall–Kier alpha value is -3.04. The Morgan fingerprint density at radius 1 is 0.727 bits per heavy atom. The van der Waals surface area contributed by atoms with Gasteiger partial charge in [-0.2, -0.15) is 0 Å². The molecular weight excluding hydrogens is 556 g/mol. The lowest BCUT2D eigenvalue weighted by atomic mass is 9.86. The molecule has 0 spiro atoms. The molecule has 0 N–H and O–H groups in total. The molecule has 1 unspecified atom stereocenters. The number of benzene rings is 3. The van der Waals surface area contributed by atoms with Gasteiger partial charge in [-0.1, -0.05) is 91.9 Å². The van der Waals surface area contributed by atoms with Crippen molar-refractivity contribution in [3.8, 4) is 5.75 Å². The first kappa shape index (κ1) is 31.0. The maximum absolute atomic E-state index is 6.77. The molecule has 3 aromatic rings. The van der Waals surface area contributed by atoms with E-state index in [-0.39, 0.29) is 36.6 Å². The zero-order valence-corrected chi connectivity index (χ0v) is 25.7. The third-order valence-corrected chi connectivity index (χ3v) is 8.67. The van der Waals surface area contributed by atoms with Gasteiger partial charge in [-0.15, -0.1) is 0 Å². The van der Waals surface area contributed by atoms with Crippen molar-refractivity contribution in [1.82, 2.24) is 0 Å². The van der Waals surface area contributed by atoms with Gasteiger partial charge >= 0.3 is 0 Å². The molecule has 3 aromatic carbocycles. The first-order valence-electron chi connectivity index (χ1n) is 15.8. The molecule has 3 fully saturated rings. The minimum atomic E-state index is -0.420. The van der Waals surface area contributed by atoms with Crippen molar-refractivity contribution in [3.63, 3.8) is 0 Å². The maximum atomic E-state index is 6.77. The summed E-state index contributed by atoms with van der Waals surface area (Å²) in [4.78, 5) is 0. The highest BCUT2D eigenvalue weighted by Gasteiger charge is 2.45. The maximum Gasteiger partial charge on any atom is 0.184 e. The van der Waals surface area contributed by atoms with E-state index in [1.807, 2.05) is 60.7 Å². The highest BCUT2D eigenvalue weighted by atomic mass is 16.7. The molecule has 44 heavy (non-hydrogen) atoms. The Bertz CT molecular complexity index is 1300. The summed E-state index contributed by atoms with van der Waals surface area (Å²) >= 11 is 0. The number of ether oxygens (including phenoxy) is 7. The van der Waals surface area contributed by atoms with E-state index in [2.05, 4.69) is 43.3 Å². The van der Waals surface area contributed by atoms with E-state index >= 15 is 0 Å². The van der Waals surface area contributed by atoms with Crippen molar-refractivity contribution in [2.75, 3.05) is 20.3 Å². The van der Waals surface area contributed by atoms with Crippen molar-refractivity contribution < 1.29 is 33.2 Å². The summed E-state index contributed by atoms with van der Waals surface area (Å²) in [6.07, 6.45) is 5.51. The molecule has 3 saturated heterocycles. The van der Waals surface area contributed by atoms with Gasteiger partial charge in [0, 0.05) is 12.0 Å². The number of methoxy groups -OCH3 is 1. The summed E-state index contributed by atoms with van der Waals surface area (Å²) in [5.74, 6) is 1.21. The minimum Gasteiger partial charge on any atom is -0.497 e. The molecule has 7 heteroatoms. The highest BCUT2D eigenvalue weighted by molar-refractivity contribution is 5.28. The highest BCUT2D eigenvalue weighted by Crippen LogP contribution is 2.38. The summed E-state index contributed by atoms with van der Waals surface area (Å²) in [5, 5.41) is 0. The molecule has 8 atom stereocenters. The lowest BCUT2D eigenvalue weighted by Gasteiger charge is -2.47. The monoisotopic (exact) mass is 600 g/mol. The predicted molar refractivity (Wildman–Crippen MR) is 167 cm³/mol. The summed E-state index contributed by atoms with van der Waals surface area (Å²) in [5.41, 5.74) is 3.27. The second-order valence-electron chi connectivity index (χ2n) is 12.0. The third-order valence-electron chi connectivity index (χ3n) is 8.67. The summed E-state index contributed by atoms with van der Waals surface area (Å²) < 4.78 is 44.0. The molecule has 0 radical (unpaired) electrons.